The van der Waals surface area contributed by atoms with E-state index in [4.69, 9.17) is 9.47 Å². The molecule has 3 atom stereocenters. The minimum absolute atomic E-state index is 0.00959. The van der Waals surface area contributed by atoms with Crippen LogP contribution >= 0.6 is 0 Å². The Morgan fingerprint density at radius 1 is 1.11 bits per heavy atom. The molecule has 3 rings (SSSR count). The Morgan fingerprint density at radius 3 is 2.39 bits per heavy atom. The lowest BCUT2D eigenvalue weighted by molar-refractivity contribution is -0.137. The second-order valence-electron chi connectivity index (χ2n) is 8.92. The maximum Gasteiger partial charge on any atom is 0.416 e. The number of halogens is 3. The molecule has 0 saturated carbocycles. The number of benzene rings is 2. The number of hydrogen-bond acceptors (Lipinski definition) is 5. The van der Waals surface area contributed by atoms with Crippen molar-refractivity contribution in [2.75, 3.05) is 44.5 Å². The van der Waals surface area contributed by atoms with Crippen molar-refractivity contribution in [2.45, 2.75) is 32.2 Å². The van der Waals surface area contributed by atoms with Crippen LogP contribution in [0.15, 0.2) is 42.5 Å². The minimum Gasteiger partial charge on any atom is -0.491 e. The van der Waals surface area contributed by atoms with E-state index < -0.39 is 17.8 Å². The van der Waals surface area contributed by atoms with Crippen molar-refractivity contribution in [3.8, 4) is 5.75 Å². The fourth-order valence-electron chi connectivity index (χ4n) is 3.77. The molecule has 2 aromatic carbocycles. The summed E-state index contributed by atoms with van der Waals surface area (Å²) in [5.74, 6) is 0.220. The number of methoxy groups -OCH3 is 1. The molecule has 0 unspecified atom stereocenters. The molecule has 0 bridgehead atoms. The molecular weight excluding hydrogens is 477 g/mol. The Bertz CT molecular complexity index is 1060. The minimum atomic E-state index is -4.46. The summed E-state index contributed by atoms with van der Waals surface area (Å²) in [6.07, 6.45) is -4.61. The molecular formula is C25H31F3N4O4. The van der Waals surface area contributed by atoms with Gasteiger partial charge in [-0.3, -0.25) is 4.79 Å². The van der Waals surface area contributed by atoms with Crippen LogP contribution in [0, 0.1) is 5.92 Å². The predicted octanol–water partition coefficient (Wildman–Crippen LogP) is 4.44. The third-order valence-corrected chi connectivity index (χ3v) is 5.96. The highest BCUT2D eigenvalue weighted by Gasteiger charge is 2.30. The zero-order valence-electron chi connectivity index (χ0n) is 20.6. The van der Waals surface area contributed by atoms with Crippen molar-refractivity contribution >= 4 is 23.3 Å². The standard InChI is InChI=1S/C25H31F3N4O4/c1-15-12-29-16(2)14-36-21-11-19(9-10-20(21)23(33)32(3)13-22(15)35-4)31-24(34)30-18-7-5-17(6-8-18)25(26,27)28/h5-11,15-16,22,29H,12-14H2,1-4H3,(H2,30,31,34)/t15-,16+,22-/m0/s1. The van der Waals surface area contributed by atoms with Crippen molar-refractivity contribution < 1.29 is 32.2 Å². The first kappa shape index (κ1) is 27.3. The van der Waals surface area contributed by atoms with E-state index >= 15 is 0 Å². The quantitative estimate of drug-likeness (QED) is 0.570. The van der Waals surface area contributed by atoms with Gasteiger partial charge in [-0.2, -0.15) is 13.2 Å². The van der Waals surface area contributed by atoms with E-state index in [0.29, 0.717) is 30.1 Å². The van der Waals surface area contributed by atoms with Crippen LogP contribution in [0.2, 0.25) is 0 Å². The van der Waals surface area contributed by atoms with Crippen LogP contribution in [0.1, 0.15) is 29.8 Å². The third kappa shape index (κ3) is 7.11. The number of likely N-dealkylation sites (N-methyl/N-ethyl adjacent to an activating group) is 1. The van der Waals surface area contributed by atoms with E-state index in [1.807, 2.05) is 6.92 Å². The van der Waals surface area contributed by atoms with Crippen LogP contribution in [0.25, 0.3) is 0 Å². The summed E-state index contributed by atoms with van der Waals surface area (Å²) in [4.78, 5) is 27.2. The zero-order chi connectivity index (χ0) is 26.5. The van der Waals surface area contributed by atoms with Crippen LogP contribution in [0.4, 0.5) is 29.3 Å². The third-order valence-electron chi connectivity index (χ3n) is 5.96. The van der Waals surface area contributed by atoms with Gasteiger partial charge in [-0.05, 0) is 49.2 Å². The van der Waals surface area contributed by atoms with Gasteiger partial charge in [0.2, 0.25) is 0 Å². The number of nitrogens with zero attached hydrogens (tertiary/aromatic N) is 1. The molecule has 3 N–H and O–H groups in total. The first-order valence-corrected chi connectivity index (χ1v) is 11.5. The van der Waals surface area contributed by atoms with Crippen LogP contribution in [-0.4, -0.2) is 62.8 Å². The first-order valence-electron chi connectivity index (χ1n) is 11.5. The molecule has 0 spiro atoms. The van der Waals surface area contributed by atoms with Gasteiger partial charge in [-0.25, -0.2) is 4.79 Å². The van der Waals surface area contributed by atoms with Crippen LogP contribution in [0.3, 0.4) is 0 Å². The number of carbonyl (C=O) groups excluding carboxylic acids is 2. The lowest BCUT2D eigenvalue weighted by atomic mass is 10.0. The van der Waals surface area contributed by atoms with Crippen LogP contribution in [-0.2, 0) is 10.9 Å². The van der Waals surface area contributed by atoms with Gasteiger partial charge in [0.1, 0.15) is 12.4 Å². The molecule has 0 fully saturated rings. The highest BCUT2D eigenvalue weighted by molar-refractivity contribution is 6.01. The summed E-state index contributed by atoms with van der Waals surface area (Å²) >= 11 is 0. The molecule has 1 aliphatic rings. The van der Waals surface area contributed by atoms with Crippen LogP contribution < -0.4 is 20.7 Å². The number of alkyl halides is 3. The molecule has 2 aromatic rings. The smallest absolute Gasteiger partial charge is 0.416 e. The molecule has 8 nitrogen and oxygen atoms in total. The van der Waals surface area contributed by atoms with E-state index in [2.05, 4.69) is 22.9 Å². The number of anilines is 2. The number of hydrogen-bond donors (Lipinski definition) is 3. The largest absolute Gasteiger partial charge is 0.491 e. The molecule has 0 aromatic heterocycles. The summed E-state index contributed by atoms with van der Waals surface area (Å²) in [5, 5.41) is 8.50. The number of ether oxygens (including phenoxy) is 2. The number of nitrogens with one attached hydrogen (secondary N) is 3. The van der Waals surface area contributed by atoms with E-state index in [-0.39, 0.29) is 36.3 Å². The maximum atomic E-state index is 13.2. The molecule has 196 valence electrons. The van der Waals surface area contributed by atoms with Gasteiger partial charge in [0.05, 0.1) is 17.2 Å². The Morgan fingerprint density at radius 2 is 1.75 bits per heavy atom. The van der Waals surface area contributed by atoms with E-state index in [0.717, 1.165) is 12.1 Å². The maximum absolute atomic E-state index is 13.2. The highest BCUT2D eigenvalue weighted by atomic mass is 19.4. The molecule has 0 aliphatic carbocycles. The van der Waals surface area contributed by atoms with Gasteiger partial charge in [0, 0.05) is 50.7 Å². The lowest BCUT2D eigenvalue weighted by Gasteiger charge is -2.30. The molecule has 1 aliphatic heterocycles. The van der Waals surface area contributed by atoms with Gasteiger partial charge in [-0.1, -0.05) is 6.92 Å². The Balaban J connectivity index is 1.76. The van der Waals surface area contributed by atoms with E-state index in [1.165, 1.54) is 12.1 Å². The fourth-order valence-corrected chi connectivity index (χ4v) is 3.77. The second kappa shape index (κ2) is 11.6. The molecule has 36 heavy (non-hydrogen) atoms. The number of carbonyl (C=O) groups is 2. The summed E-state index contributed by atoms with van der Waals surface area (Å²) in [7, 11) is 3.32. The van der Waals surface area contributed by atoms with Gasteiger partial charge in [-0.15, -0.1) is 0 Å². The van der Waals surface area contributed by atoms with Crippen molar-refractivity contribution in [1.29, 1.82) is 0 Å². The summed E-state index contributed by atoms with van der Waals surface area (Å²) < 4.78 is 49.8. The zero-order valence-corrected chi connectivity index (χ0v) is 20.6. The summed E-state index contributed by atoms with van der Waals surface area (Å²) in [6, 6.07) is 8.11. The molecule has 0 radical (unpaired) electrons. The number of rotatable bonds is 3. The molecule has 0 saturated heterocycles. The van der Waals surface area contributed by atoms with Crippen molar-refractivity contribution in [3.63, 3.8) is 0 Å². The van der Waals surface area contributed by atoms with Crippen molar-refractivity contribution in [1.82, 2.24) is 10.2 Å². The molecule has 1 heterocycles. The predicted molar refractivity (Wildman–Crippen MR) is 130 cm³/mol. The van der Waals surface area contributed by atoms with Gasteiger partial charge >= 0.3 is 12.2 Å². The van der Waals surface area contributed by atoms with E-state index in [1.54, 1.807) is 37.3 Å². The van der Waals surface area contributed by atoms with Gasteiger partial charge in [0.25, 0.3) is 5.91 Å². The molecule has 3 amide bonds. The normalized spacial score (nSPS) is 21.5. The monoisotopic (exact) mass is 508 g/mol. The SMILES string of the molecule is CO[C@H]1CN(C)C(=O)c2ccc(NC(=O)Nc3ccc(C(F)(F)F)cc3)cc2OC[C@@H](C)NC[C@@H]1C. The highest BCUT2D eigenvalue weighted by Crippen LogP contribution is 2.30. The summed E-state index contributed by atoms with van der Waals surface area (Å²) in [5.41, 5.74) is 0.0722. The average Bonchev–Trinajstić information content (AvgIpc) is 2.83. The average molecular weight is 509 g/mol. The fraction of sp³-hybridized carbons (Fsp3) is 0.440. The van der Waals surface area contributed by atoms with E-state index in [9.17, 15) is 22.8 Å². The molecule has 11 heteroatoms. The summed E-state index contributed by atoms with van der Waals surface area (Å²) in [6.45, 7) is 5.38. The number of fused-ring (bicyclic) bond motifs is 1. The number of amides is 3. The Kier molecular flexibility index (Phi) is 8.80. The van der Waals surface area contributed by atoms with Crippen LogP contribution in [0.5, 0.6) is 5.75 Å². The topological polar surface area (TPSA) is 91.9 Å². The van der Waals surface area contributed by atoms with Gasteiger partial charge in [0.15, 0.2) is 0 Å². The first-order chi connectivity index (χ1) is 17.0. The van der Waals surface area contributed by atoms with Crippen molar-refractivity contribution in [2.24, 2.45) is 5.92 Å². The van der Waals surface area contributed by atoms with Gasteiger partial charge < -0.3 is 30.3 Å². The Labute approximate surface area is 208 Å². The van der Waals surface area contributed by atoms with Crippen molar-refractivity contribution in [3.05, 3.63) is 53.6 Å². The number of urea groups is 1. The second-order valence-corrected chi connectivity index (χ2v) is 8.92. The Hall–Kier alpha value is -3.31. The lowest BCUT2D eigenvalue weighted by Crippen LogP contribution is -2.44.